The van der Waals surface area contributed by atoms with Gasteiger partial charge in [-0.15, -0.1) is 10.2 Å². The van der Waals surface area contributed by atoms with Gasteiger partial charge in [0.05, 0.1) is 19.5 Å². The number of ether oxygens (including phenoxy) is 3. The first-order chi connectivity index (χ1) is 18.7. The van der Waals surface area contributed by atoms with Crippen molar-refractivity contribution in [1.29, 1.82) is 0 Å². The smallest absolute Gasteiger partial charge is 0.170 e. The normalized spacial score (nSPS) is 13.2. The number of nitrogens with zero attached hydrogens (tertiary/aromatic N) is 6. The van der Waals surface area contributed by atoms with E-state index in [9.17, 15) is 8.42 Å². The second-order valence-electron chi connectivity index (χ2n) is 9.04. The van der Waals surface area contributed by atoms with Crippen molar-refractivity contribution < 1.29 is 22.6 Å². The van der Waals surface area contributed by atoms with E-state index in [4.69, 9.17) is 14.2 Å². The Morgan fingerprint density at radius 1 is 0.949 bits per heavy atom. The van der Waals surface area contributed by atoms with Crippen LogP contribution >= 0.6 is 0 Å². The van der Waals surface area contributed by atoms with E-state index < -0.39 is 26.9 Å². The number of methoxy groups -OCH3 is 2. The van der Waals surface area contributed by atoms with E-state index in [1.54, 1.807) is 61.4 Å². The fourth-order valence-electron chi connectivity index (χ4n) is 4.21. The minimum absolute atomic E-state index is 0.182. The Labute approximate surface area is 228 Å². The van der Waals surface area contributed by atoms with E-state index in [0.29, 0.717) is 41.0 Å². The van der Waals surface area contributed by atoms with Gasteiger partial charge in [-0.3, -0.25) is 9.55 Å². The molecule has 3 heterocycles. The fraction of sp³-hybridized carbons (Fsp3) is 0.370. The zero-order chi connectivity index (χ0) is 28.2. The summed E-state index contributed by atoms with van der Waals surface area (Å²) in [5.41, 5.74) is 2.91. The van der Waals surface area contributed by atoms with Gasteiger partial charge in [0.15, 0.2) is 27.3 Å². The first-order valence-electron chi connectivity index (χ1n) is 12.4. The van der Waals surface area contributed by atoms with Crippen molar-refractivity contribution in [3.05, 3.63) is 71.8 Å². The van der Waals surface area contributed by atoms with Gasteiger partial charge in [0.2, 0.25) is 0 Å². The number of para-hydroxylation sites is 1. The molecule has 1 aromatic carbocycles. The van der Waals surface area contributed by atoms with Crippen LogP contribution in [0.25, 0.3) is 17.1 Å². The highest BCUT2D eigenvalue weighted by Gasteiger charge is 2.35. The molecule has 206 valence electrons. The molecule has 0 saturated carbocycles. The van der Waals surface area contributed by atoms with Gasteiger partial charge in [0, 0.05) is 37.0 Å². The van der Waals surface area contributed by atoms with Crippen molar-refractivity contribution >= 4 is 9.84 Å². The molecule has 0 fully saturated rings. The van der Waals surface area contributed by atoms with Crippen LogP contribution in [0.15, 0.2) is 49.1 Å². The summed E-state index contributed by atoms with van der Waals surface area (Å²) in [5, 5.41) is 7.74. The van der Waals surface area contributed by atoms with E-state index in [1.807, 2.05) is 19.9 Å². The Morgan fingerprint density at radius 3 is 2.21 bits per heavy atom. The van der Waals surface area contributed by atoms with Gasteiger partial charge in [-0.2, -0.15) is 0 Å². The fourth-order valence-corrected chi connectivity index (χ4v) is 5.60. The number of aromatic nitrogens is 6. The highest BCUT2D eigenvalue weighted by Crippen LogP contribution is 2.37. The Bertz CT molecular complexity index is 1520. The highest BCUT2D eigenvalue weighted by molar-refractivity contribution is 7.91. The summed E-state index contributed by atoms with van der Waals surface area (Å²) >= 11 is 0. The standard InChI is InChI=1S/C27H32N6O5S/c1-7-38-25(26-29-13-18(3)14-30-26)19(4)39(34,35)16-23-31-32-27(20-11-17(2)12-28-15-20)33(23)24-21(36-5)9-8-10-22(24)37-6/h8-15,19,25H,7,16H2,1-6H3/t19-,25+/m1/s1. The molecule has 0 amide bonds. The molecule has 0 aliphatic carbocycles. The summed E-state index contributed by atoms with van der Waals surface area (Å²) in [6.07, 6.45) is 5.79. The lowest BCUT2D eigenvalue weighted by atomic mass is 10.2. The molecule has 0 unspecified atom stereocenters. The number of aryl methyl sites for hydroxylation is 2. The number of sulfone groups is 1. The molecular weight excluding hydrogens is 520 g/mol. The lowest BCUT2D eigenvalue weighted by molar-refractivity contribution is 0.0556. The second kappa shape index (κ2) is 11.9. The first-order valence-corrected chi connectivity index (χ1v) is 14.1. The van der Waals surface area contributed by atoms with Crippen LogP contribution in [0.5, 0.6) is 11.5 Å². The number of hydrogen-bond acceptors (Lipinski definition) is 10. The van der Waals surface area contributed by atoms with Crippen LogP contribution in [0.4, 0.5) is 0 Å². The number of benzene rings is 1. The molecule has 4 aromatic rings. The Kier molecular flexibility index (Phi) is 8.56. The Hall–Kier alpha value is -3.90. The summed E-state index contributed by atoms with van der Waals surface area (Å²) in [6, 6.07) is 7.20. The van der Waals surface area contributed by atoms with Crippen LogP contribution in [0.2, 0.25) is 0 Å². The van der Waals surface area contributed by atoms with Crippen molar-refractivity contribution in [2.45, 2.75) is 44.8 Å². The van der Waals surface area contributed by atoms with Crippen molar-refractivity contribution in [1.82, 2.24) is 29.7 Å². The molecule has 0 bridgehead atoms. The monoisotopic (exact) mass is 552 g/mol. The summed E-state index contributed by atoms with van der Waals surface area (Å²) in [7, 11) is -0.803. The molecule has 0 saturated heterocycles. The molecule has 39 heavy (non-hydrogen) atoms. The maximum Gasteiger partial charge on any atom is 0.170 e. The zero-order valence-corrected chi connectivity index (χ0v) is 23.6. The Morgan fingerprint density at radius 2 is 1.62 bits per heavy atom. The second-order valence-corrected chi connectivity index (χ2v) is 11.4. The van der Waals surface area contributed by atoms with E-state index in [2.05, 4.69) is 25.1 Å². The summed E-state index contributed by atoms with van der Waals surface area (Å²) in [4.78, 5) is 12.9. The van der Waals surface area contributed by atoms with Gasteiger partial charge in [-0.05, 0) is 57.0 Å². The minimum atomic E-state index is -3.87. The number of rotatable bonds is 11. The molecule has 0 N–H and O–H groups in total. The maximum absolute atomic E-state index is 13.9. The molecule has 0 aliphatic heterocycles. The average molecular weight is 553 g/mol. The molecule has 0 radical (unpaired) electrons. The topological polar surface area (TPSA) is 131 Å². The van der Waals surface area contributed by atoms with E-state index in [-0.39, 0.29) is 5.82 Å². The lowest BCUT2D eigenvalue weighted by Crippen LogP contribution is -2.30. The Balaban J connectivity index is 1.84. The van der Waals surface area contributed by atoms with Gasteiger partial charge >= 0.3 is 0 Å². The maximum atomic E-state index is 13.9. The summed E-state index contributed by atoms with van der Waals surface area (Å²) in [5.74, 6) is 1.37. The van der Waals surface area contributed by atoms with Crippen LogP contribution in [-0.2, 0) is 20.3 Å². The highest BCUT2D eigenvalue weighted by atomic mass is 32.2. The van der Waals surface area contributed by atoms with Crippen LogP contribution in [-0.4, -0.2) is 64.2 Å². The van der Waals surface area contributed by atoms with E-state index in [0.717, 1.165) is 11.1 Å². The third-order valence-electron chi connectivity index (χ3n) is 6.21. The molecule has 11 nitrogen and oxygen atoms in total. The molecule has 0 spiro atoms. The van der Waals surface area contributed by atoms with Crippen LogP contribution < -0.4 is 9.47 Å². The number of pyridine rings is 1. The predicted molar refractivity (Wildman–Crippen MR) is 146 cm³/mol. The van der Waals surface area contributed by atoms with Gasteiger partial charge in [-0.1, -0.05) is 6.07 Å². The van der Waals surface area contributed by atoms with E-state index in [1.165, 1.54) is 14.2 Å². The summed E-state index contributed by atoms with van der Waals surface area (Å²) < 4.78 is 46.5. The SMILES string of the molecule is CCO[C@H](c1ncc(C)cn1)[C@@H](C)S(=O)(=O)Cc1nnc(-c2cncc(C)c2)n1-c1c(OC)cccc1OC. The van der Waals surface area contributed by atoms with Gasteiger partial charge in [0.25, 0.3) is 0 Å². The third-order valence-corrected chi connectivity index (χ3v) is 8.25. The predicted octanol–water partition coefficient (Wildman–Crippen LogP) is 3.83. The van der Waals surface area contributed by atoms with Crippen molar-refractivity contribution in [3.8, 4) is 28.6 Å². The quantitative estimate of drug-likeness (QED) is 0.270. The average Bonchev–Trinajstić information content (AvgIpc) is 3.33. The first kappa shape index (κ1) is 28.1. The summed E-state index contributed by atoms with van der Waals surface area (Å²) in [6.45, 7) is 7.46. The lowest BCUT2D eigenvalue weighted by Gasteiger charge is -2.23. The minimum Gasteiger partial charge on any atom is -0.494 e. The van der Waals surface area contributed by atoms with E-state index >= 15 is 0 Å². The molecule has 12 heteroatoms. The van der Waals surface area contributed by atoms with Crippen molar-refractivity contribution in [2.24, 2.45) is 0 Å². The zero-order valence-electron chi connectivity index (χ0n) is 22.8. The van der Waals surface area contributed by atoms with Crippen LogP contribution in [0.3, 0.4) is 0 Å². The molecular formula is C27H32N6O5S. The molecule has 3 aromatic heterocycles. The van der Waals surface area contributed by atoms with Gasteiger partial charge < -0.3 is 14.2 Å². The van der Waals surface area contributed by atoms with Crippen molar-refractivity contribution in [2.75, 3.05) is 20.8 Å². The molecule has 2 atom stereocenters. The van der Waals surface area contributed by atoms with Gasteiger partial charge in [0.1, 0.15) is 29.0 Å². The van der Waals surface area contributed by atoms with Crippen molar-refractivity contribution in [3.63, 3.8) is 0 Å². The number of hydrogen-bond donors (Lipinski definition) is 0. The van der Waals surface area contributed by atoms with Crippen LogP contribution in [0, 0.1) is 13.8 Å². The molecule has 4 rings (SSSR count). The molecule has 0 aliphatic rings. The van der Waals surface area contributed by atoms with Crippen LogP contribution in [0.1, 0.15) is 42.7 Å². The largest absolute Gasteiger partial charge is 0.494 e. The van der Waals surface area contributed by atoms with Gasteiger partial charge in [-0.25, -0.2) is 18.4 Å². The third kappa shape index (κ3) is 5.91.